The van der Waals surface area contributed by atoms with E-state index in [1.54, 1.807) is 11.8 Å². The molecule has 0 spiro atoms. The molecule has 2 N–H and O–H groups in total. The number of pyridine rings is 1. The van der Waals surface area contributed by atoms with Crippen molar-refractivity contribution in [3.8, 4) is 0 Å². The Kier molecular flexibility index (Phi) is 15.4. The Labute approximate surface area is 194 Å². The van der Waals surface area contributed by atoms with E-state index in [1.165, 1.54) is 24.1 Å². The maximum Gasteiger partial charge on any atom is 1.00 e. The molecule has 3 heterocycles. The molecule has 0 aliphatic carbocycles. The van der Waals surface area contributed by atoms with Gasteiger partial charge in [-0.15, -0.1) is 6.54 Å². The van der Waals surface area contributed by atoms with Gasteiger partial charge < -0.3 is 36.1 Å². The molecule has 1 atom stereocenters. The van der Waals surface area contributed by atoms with Gasteiger partial charge in [0.2, 0.25) is 5.91 Å². The molecule has 1 aromatic rings. The SMILES string of the molecule is [CH2-]CCCc1ccc2c(n1)NCCC2.[CH2-]CN1CCCC1=O.[CH2-]C[C@H](C)C(=O)O.[Li+]. The molecule has 30 heavy (non-hydrogen) atoms. The minimum Gasteiger partial charge on any atom is -0.481 e. The molecule has 1 amide bonds. The van der Waals surface area contributed by atoms with Crippen molar-refractivity contribution in [2.75, 3.05) is 25.0 Å². The average Bonchev–Trinajstić information content (AvgIpc) is 3.17. The monoisotopic (exact) mass is 409 g/mol. The molecule has 2 aliphatic heterocycles. The molecule has 1 saturated heterocycles. The number of nitrogens with zero attached hydrogens (tertiary/aromatic N) is 2. The van der Waals surface area contributed by atoms with Crippen LogP contribution in [0.3, 0.4) is 0 Å². The number of aliphatic carboxylic acids is 1. The summed E-state index contributed by atoms with van der Waals surface area (Å²) in [6, 6.07) is 4.37. The third kappa shape index (κ3) is 10.5. The first-order valence-corrected chi connectivity index (χ1v) is 10.5. The normalized spacial score (nSPS) is 15.3. The van der Waals surface area contributed by atoms with Crippen molar-refractivity contribution in [1.29, 1.82) is 0 Å². The number of carbonyl (C=O) groups is 2. The Bertz CT molecular complexity index is 640. The number of carboxylic acids is 1. The van der Waals surface area contributed by atoms with Crippen LogP contribution in [0, 0.1) is 26.7 Å². The van der Waals surface area contributed by atoms with Crippen molar-refractivity contribution < 1.29 is 33.6 Å². The van der Waals surface area contributed by atoms with Crippen LogP contribution in [-0.4, -0.2) is 46.5 Å². The quantitative estimate of drug-likeness (QED) is 0.541. The molecular weight excluding hydrogens is 373 g/mol. The summed E-state index contributed by atoms with van der Waals surface area (Å²) < 4.78 is 0. The number of hydrogen-bond donors (Lipinski definition) is 2. The summed E-state index contributed by atoms with van der Waals surface area (Å²) in [6.45, 7) is 15.2. The molecule has 0 radical (unpaired) electrons. The van der Waals surface area contributed by atoms with Crippen LogP contribution < -0.4 is 24.2 Å². The molecule has 7 heteroatoms. The number of carbonyl (C=O) groups excluding carboxylic acids is 1. The second kappa shape index (κ2) is 16.2. The number of hydrogen-bond acceptors (Lipinski definition) is 4. The van der Waals surface area contributed by atoms with Crippen molar-refractivity contribution in [3.63, 3.8) is 0 Å². The smallest absolute Gasteiger partial charge is 0.481 e. The number of likely N-dealkylation sites (tertiary alicyclic amines) is 1. The molecule has 3 rings (SSSR count). The van der Waals surface area contributed by atoms with E-state index in [1.807, 2.05) is 0 Å². The first-order valence-electron chi connectivity index (χ1n) is 10.5. The summed E-state index contributed by atoms with van der Waals surface area (Å²) in [6.07, 6.45) is 7.80. The minimum absolute atomic E-state index is 0. The number of unbranched alkanes of at least 4 members (excludes halogenated alkanes) is 1. The van der Waals surface area contributed by atoms with Crippen molar-refractivity contribution in [1.82, 2.24) is 9.88 Å². The van der Waals surface area contributed by atoms with Gasteiger partial charge in [0.15, 0.2) is 0 Å². The number of fused-ring (bicyclic) bond motifs is 1. The van der Waals surface area contributed by atoms with Gasteiger partial charge >= 0.3 is 24.8 Å². The third-order valence-corrected chi connectivity index (χ3v) is 4.93. The summed E-state index contributed by atoms with van der Waals surface area (Å²) in [4.78, 5) is 27.0. The molecule has 6 nitrogen and oxygen atoms in total. The summed E-state index contributed by atoms with van der Waals surface area (Å²) in [7, 11) is 0. The first-order chi connectivity index (χ1) is 13.9. The molecule has 1 fully saturated rings. The van der Waals surface area contributed by atoms with E-state index in [4.69, 9.17) is 5.11 Å². The molecule has 1 aromatic heterocycles. The van der Waals surface area contributed by atoms with Crippen molar-refractivity contribution in [2.24, 2.45) is 5.92 Å². The van der Waals surface area contributed by atoms with Gasteiger partial charge in [0.25, 0.3) is 0 Å². The minimum atomic E-state index is -0.769. The Morgan fingerprint density at radius 1 is 1.27 bits per heavy atom. The number of anilines is 1. The van der Waals surface area contributed by atoms with Crippen LogP contribution in [0.15, 0.2) is 12.1 Å². The fourth-order valence-electron chi connectivity index (χ4n) is 2.88. The predicted octanol–water partition coefficient (Wildman–Crippen LogP) is 0.975. The molecule has 2 aliphatic rings. The van der Waals surface area contributed by atoms with Crippen molar-refractivity contribution in [3.05, 3.63) is 44.2 Å². The average molecular weight is 410 g/mol. The summed E-state index contributed by atoms with van der Waals surface area (Å²) in [5.74, 6) is 0.313. The van der Waals surface area contributed by atoms with Gasteiger partial charge in [-0.2, -0.15) is 12.8 Å². The number of amides is 1. The predicted molar refractivity (Wildman–Crippen MR) is 117 cm³/mol. The van der Waals surface area contributed by atoms with Crippen LogP contribution in [-0.2, 0) is 22.4 Å². The van der Waals surface area contributed by atoms with Crippen LogP contribution >= 0.6 is 0 Å². The summed E-state index contributed by atoms with van der Waals surface area (Å²) in [5, 5.41) is 11.5. The van der Waals surface area contributed by atoms with E-state index in [-0.39, 0.29) is 30.7 Å². The Hall–Kier alpha value is -1.51. The van der Waals surface area contributed by atoms with Crippen LogP contribution in [0.1, 0.15) is 56.7 Å². The number of aryl methyl sites for hydroxylation is 2. The van der Waals surface area contributed by atoms with Crippen LogP contribution in [0.4, 0.5) is 5.82 Å². The largest absolute Gasteiger partial charge is 1.00 e. The number of carboxylic acid groups (broad SMARTS) is 1. The molecule has 164 valence electrons. The van der Waals surface area contributed by atoms with E-state index in [0.29, 0.717) is 13.0 Å². The first kappa shape index (κ1) is 28.5. The third-order valence-electron chi connectivity index (χ3n) is 4.93. The molecule has 0 bridgehead atoms. The topological polar surface area (TPSA) is 82.5 Å². The summed E-state index contributed by atoms with van der Waals surface area (Å²) >= 11 is 0. The van der Waals surface area contributed by atoms with Gasteiger partial charge in [0.05, 0.1) is 0 Å². The molecule has 0 saturated carbocycles. The van der Waals surface area contributed by atoms with E-state index in [0.717, 1.165) is 51.0 Å². The van der Waals surface area contributed by atoms with E-state index < -0.39 is 5.97 Å². The fraction of sp³-hybridized carbons (Fsp3) is 0.565. The van der Waals surface area contributed by atoms with Crippen molar-refractivity contribution in [2.45, 2.75) is 58.3 Å². The molecule has 0 aromatic carbocycles. The van der Waals surface area contributed by atoms with Crippen LogP contribution in [0.25, 0.3) is 0 Å². The maximum absolute atomic E-state index is 10.7. The summed E-state index contributed by atoms with van der Waals surface area (Å²) in [5.41, 5.74) is 2.57. The van der Waals surface area contributed by atoms with Gasteiger partial charge in [-0.3, -0.25) is 9.59 Å². The zero-order valence-electron chi connectivity index (χ0n) is 18.8. The van der Waals surface area contributed by atoms with Gasteiger partial charge in [-0.1, -0.05) is 19.4 Å². The fourth-order valence-corrected chi connectivity index (χ4v) is 2.88. The zero-order chi connectivity index (χ0) is 21.6. The number of aromatic nitrogens is 1. The van der Waals surface area contributed by atoms with Crippen LogP contribution in [0.5, 0.6) is 0 Å². The Balaban J connectivity index is 0.000000453. The zero-order valence-corrected chi connectivity index (χ0v) is 18.8. The second-order valence-corrected chi connectivity index (χ2v) is 7.31. The number of nitrogens with one attached hydrogen (secondary N) is 1. The maximum atomic E-state index is 10.7. The van der Waals surface area contributed by atoms with Crippen molar-refractivity contribution >= 4 is 17.7 Å². The van der Waals surface area contributed by atoms with E-state index in [2.05, 4.69) is 43.2 Å². The number of rotatable bonds is 6. The standard InChI is InChI=1S/C12H17N2.C6H10NO.C5H9O2.Li/c1-2-3-6-11-8-7-10-5-4-9-13-12(10)14-11;1-2-7-5-3-4-6(7)8;1-3-4(2)5(6)7;/h7-8H,1-6,9H2,(H,13,14);1-5H2;4H,1,3H2,2H3,(H,6,7);/q3*-1;+1/t;;4-;/m..0./s1. The van der Waals surface area contributed by atoms with E-state index >= 15 is 0 Å². The van der Waals surface area contributed by atoms with Gasteiger partial charge in [0.1, 0.15) is 5.82 Å². The second-order valence-electron chi connectivity index (χ2n) is 7.31. The van der Waals surface area contributed by atoms with Gasteiger partial charge in [0, 0.05) is 31.1 Å². The van der Waals surface area contributed by atoms with E-state index in [9.17, 15) is 9.59 Å². The molecule has 0 unspecified atom stereocenters. The van der Waals surface area contributed by atoms with Gasteiger partial charge in [-0.25, -0.2) is 4.98 Å². The van der Waals surface area contributed by atoms with Crippen LogP contribution in [0.2, 0.25) is 0 Å². The van der Waals surface area contributed by atoms with Gasteiger partial charge in [-0.05, 0) is 37.3 Å². The Morgan fingerprint density at radius 3 is 2.47 bits per heavy atom. The molecular formula is C23H36LiN3O3-2. The Morgan fingerprint density at radius 2 is 2.00 bits per heavy atom.